The molecular formula is C14H20IN. The van der Waals surface area contributed by atoms with Crippen molar-refractivity contribution in [2.45, 2.75) is 39.5 Å². The predicted octanol–water partition coefficient (Wildman–Crippen LogP) is 0.497. The second kappa shape index (κ2) is 4.86. The van der Waals surface area contributed by atoms with Crippen molar-refractivity contribution in [3.63, 3.8) is 0 Å². The third-order valence-corrected chi connectivity index (χ3v) is 3.62. The first-order valence-corrected chi connectivity index (χ1v) is 5.80. The van der Waals surface area contributed by atoms with Gasteiger partial charge in [-0.2, -0.15) is 4.58 Å². The molecule has 2 rings (SSSR count). The Hall–Kier alpha value is -0.380. The number of hydrogen-bond acceptors (Lipinski definition) is 0. The molecule has 1 aliphatic heterocycles. The Kier molecular flexibility index (Phi) is 4.16. The monoisotopic (exact) mass is 329 g/mol. The molecule has 0 atom stereocenters. The van der Waals surface area contributed by atoms with E-state index in [1.807, 2.05) is 0 Å². The highest BCUT2D eigenvalue weighted by molar-refractivity contribution is 5.93. The van der Waals surface area contributed by atoms with Crippen molar-refractivity contribution in [3.05, 3.63) is 29.8 Å². The molecule has 0 saturated carbocycles. The van der Waals surface area contributed by atoms with Gasteiger partial charge in [-0.1, -0.05) is 25.1 Å². The van der Waals surface area contributed by atoms with E-state index in [0.717, 1.165) is 6.54 Å². The van der Waals surface area contributed by atoms with Gasteiger partial charge in [0.1, 0.15) is 6.54 Å². The van der Waals surface area contributed by atoms with Crippen molar-refractivity contribution in [3.8, 4) is 0 Å². The first kappa shape index (κ1) is 13.7. The van der Waals surface area contributed by atoms with Crippen molar-refractivity contribution >= 4 is 11.4 Å². The third-order valence-electron chi connectivity index (χ3n) is 3.62. The Morgan fingerprint density at radius 3 is 2.44 bits per heavy atom. The van der Waals surface area contributed by atoms with Crippen molar-refractivity contribution in [2.24, 2.45) is 0 Å². The van der Waals surface area contributed by atoms with Gasteiger partial charge in [0, 0.05) is 25.0 Å². The van der Waals surface area contributed by atoms with Gasteiger partial charge < -0.3 is 24.0 Å². The Morgan fingerprint density at radius 1 is 1.19 bits per heavy atom. The van der Waals surface area contributed by atoms with Crippen LogP contribution in [0.25, 0.3) is 0 Å². The van der Waals surface area contributed by atoms with Crippen molar-refractivity contribution < 1.29 is 28.6 Å². The molecule has 0 aromatic heterocycles. The molecule has 0 unspecified atom stereocenters. The lowest BCUT2D eigenvalue weighted by Crippen LogP contribution is -3.00. The average molecular weight is 329 g/mol. The quantitative estimate of drug-likeness (QED) is 0.549. The summed E-state index contributed by atoms with van der Waals surface area (Å²) in [6.45, 7) is 10.3. The van der Waals surface area contributed by atoms with E-state index in [-0.39, 0.29) is 29.4 Å². The lowest BCUT2D eigenvalue weighted by Gasteiger charge is -2.14. The fraction of sp³-hybridized carbons (Fsp3) is 0.500. The molecular weight excluding hydrogens is 309 g/mol. The lowest BCUT2D eigenvalue weighted by molar-refractivity contribution is -0.438. The summed E-state index contributed by atoms with van der Waals surface area (Å²) in [7, 11) is 0. The molecule has 0 aliphatic carbocycles. The maximum absolute atomic E-state index is 2.47. The topological polar surface area (TPSA) is 3.01 Å². The Bertz CT molecular complexity index is 418. The number of benzene rings is 1. The minimum atomic E-state index is 0. The zero-order chi connectivity index (χ0) is 11.1. The van der Waals surface area contributed by atoms with Crippen molar-refractivity contribution in [1.29, 1.82) is 0 Å². The van der Waals surface area contributed by atoms with E-state index in [1.54, 1.807) is 0 Å². The highest BCUT2D eigenvalue weighted by Gasteiger charge is 2.42. The number of hydrogen-bond donors (Lipinski definition) is 0. The van der Waals surface area contributed by atoms with E-state index < -0.39 is 0 Å². The van der Waals surface area contributed by atoms with Crippen LogP contribution >= 0.6 is 0 Å². The first-order chi connectivity index (χ1) is 7.09. The van der Waals surface area contributed by atoms with Crippen molar-refractivity contribution in [2.75, 3.05) is 6.54 Å². The predicted molar refractivity (Wildman–Crippen MR) is 65.2 cm³/mol. The van der Waals surface area contributed by atoms with Crippen LogP contribution in [-0.2, 0) is 5.41 Å². The molecule has 0 spiro atoms. The van der Waals surface area contributed by atoms with Gasteiger partial charge in [-0.3, -0.25) is 0 Å². The van der Waals surface area contributed by atoms with Crippen molar-refractivity contribution in [1.82, 2.24) is 0 Å². The molecule has 0 saturated heterocycles. The minimum Gasteiger partial charge on any atom is -1.00 e. The van der Waals surface area contributed by atoms with Crippen LogP contribution in [-0.4, -0.2) is 16.8 Å². The van der Waals surface area contributed by atoms with E-state index in [2.05, 4.69) is 56.5 Å². The molecule has 0 amide bonds. The molecule has 88 valence electrons. The zero-order valence-corrected chi connectivity index (χ0v) is 12.7. The zero-order valence-electron chi connectivity index (χ0n) is 10.5. The van der Waals surface area contributed by atoms with Crippen LogP contribution in [0.5, 0.6) is 0 Å². The van der Waals surface area contributed by atoms with Gasteiger partial charge in [0.25, 0.3) is 0 Å². The van der Waals surface area contributed by atoms with Crippen LogP contribution in [0.1, 0.15) is 39.7 Å². The number of rotatable bonds is 2. The second-order valence-corrected chi connectivity index (χ2v) is 4.88. The average Bonchev–Trinajstić information content (AvgIpc) is 2.42. The van der Waals surface area contributed by atoms with Gasteiger partial charge in [0.05, 0.1) is 5.41 Å². The van der Waals surface area contributed by atoms with Gasteiger partial charge >= 0.3 is 0 Å². The SMILES string of the molecule is CCC[N+]1=C(C)C(C)(C)c2ccccc21.[I-]. The molecule has 2 heteroatoms. The summed E-state index contributed by atoms with van der Waals surface area (Å²) in [6.07, 6.45) is 1.20. The van der Waals surface area contributed by atoms with Gasteiger partial charge in [0.15, 0.2) is 5.71 Å². The smallest absolute Gasteiger partial charge is 0.209 e. The second-order valence-electron chi connectivity index (χ2n) is 4.88. The van der Waals surface area contributed by atoms with E-state index in [0.29, 0.717) is 0 Å². The maximum Gasteiger partial charge on any atom is 0.209 e. The Balaban J connectivity index is 0.00000128. The Morgan fingerprint density at radius 2 is 1.81 bits per heavy atom. The van der Waals surface area contributed by atoms with E-state index in [9.17, 15) is 0 Å². The minimum absolute atomic E-state index is 0. The molecule has 0 N–H and O–H groups in total. The molecule has 1 heterocycles. The highest BCUT2D eigenvalue weighted by Crippen LogP contribution is 2.38. The summed E-state index contributed by atoms with van der Waals surface area (Å²) >= 11 is 0. The molecule has 1 aliphatic rings. The molecule has 0 bridgehead atoms. The van der Waals surface area contributed by atoms with Crippen LogP contribution < -0.4 is 24.0 Å². The van der Waals surface area contributed by atoms with Crippen LogP contribution in [0, 0.1) is 0 Å². The number of halogens is 1. The fourth-order valence-corrected chi connectivity index (χ4v) is 2.46. The molecule has 16 heavy (non-hydrogen) atoms. The molecule has 1 aromatic rings. The standard InChI is InChI=1S/C14H20N.HI/c1-5-10-15-11(2)14(3,4)12-8-6-7-9-13(12)15;/h6-9H,5,10H2,1-4H3;1H/q+1;/p-1. The van der Waals surface area contributed by atoms with Gasteiger partial charge in [0.2, 0.25) is 5.69 Å². The molecule has 0 fully saturated rings. The normalized spacial score (nSPS) is 17.0. The van der Waals surface area contributed by atoms with Gasteiger partial charge in [-0.15, -0.1) is 0 Å². The summed E-state index contributed by atoms with van der Waals surface area (Å²) in [5.74, 6) is 0. The molecule has 1 aromatic carbocycles. The van der Waals surface area contributed by atoms with E-state index in [4.69, 9.17) is 0 Å². The van der Waals surface area contributed by atoms with Crippen LogP contribution in [0.3, 0.4) is 0 Å². The summed E-state index contributed by atoms with van der Waals surface area (Å²) < 4.78 is 2.47. The largest absolute Gasteiger partial charge is 1.00 e. The number of fused-ring (bicyclic) bond motifs is 1. The third kappa shape index (κ3) is 1.92. The molecule has 0 radical (unpaired) electrons. The molecule has 1 nitrogen and oxygen atoms in total. The lowest BCUT2D eigenvalue weighted by atomic mass is 9.82. The summed E-state index contributed by atoms with van der Waals surface area (Å²) in [5, 5.41) is 0. The number of para-hydroxylation sites is 1. The van der Waals surface area contributed by atoms with Crippen LogP contribution in [0.15, 0.2) is 24.3 Å². The van der Waals surface area contributed by atoms with Crippen LogP contribution in [0.2, 0.25) is 0 Å². The van der Waals surface area contributed by atoms with Gasteiger partial charge in [-0.25, -0.2) is 0 Å². The highest BCUT2D eigenvalue weighted by atomic mass is 127. The summed E-state index contributed by atoms with van der Waals surface area (Å²) in [4.78, 5) is 0. The maximum atomic E-state index is 2.47. The summed E-state index contributed by atoms with van der Waals surface area (Å²) in [6, 6.07) is 8.78. The fourth-order valence-electron chi connectivity index (χ4n) is 2.46. The van der Waals surface area contributed by atoms with E-state index in [1.165, 1.54) is 23.4 Å². The van der Waals surface area contributed by atoms with Crippen LogP contribution in [0.4, 0.5) is 5.69 Å². The first-order valence-electron chi connectivity index (χ1n) is 5.80. The number of nitrogens with zero attached hydrogens (tertiary/aromatic N) is 1. The Labute approximate surface area is 116 Å². The van der Waals surface area contributed by atoms with Gasteiger partial charge in [-0.05, 0) is 13.8 Å². The summed E-state index contributed by atoms with van der Waals surface area (Å²) in [5.41, 5.74) is 4.55. The van der Waals surface area contributed by atoms with E-state index >= 15 is 0 Å².